The van der Waals surface area contributed by atoms with Crippen LogP contribution in [0.25, 0.3) is 0 Å². The average Bonchev–Trinajstić information content (AvgIpc) is 2.48. The quantitative estimate of drug-likeness (QED) is 0.649. The minimum absolute atomic E-state index is 0.0238. The molecule has 2 heterocycles. The first kappa shape index (κ1) is 12.6. The number of rotatable bonds is 2. The van der Waals surface area contributed by atoms with Gasteiger partial charge in [0.15, 0.2) is 5.84 Å². The van der Waals surface area contributed by atoms with Crippen LogP contribution < -0.4 is 5.43 Å². The number of piperidine rings is 1. The number of non-ortho nitro benzene ring substituents is 1. The highest BCUT2D eigenvalue weighted by Crippen LogP contribution is 2.24. The van der Waals surface area contributed by atoms with Gasteiger partial charge >= 0.3 is 0 Å². The van der Waals surface area contributed by atoms with Crippen LogP contribution >= 0.6 is 0 Å². The van der Waals surface area contributed by atoms with Gasteiger partial charge in [0, 0.05) is 24.2 Å². The Bertz CT molecular complexity index is 599. The van der Waals surface area contributed by atoms with Crippen LogP contribution in [-0.4, -0.2) is 34.2 Å². The number of nitro benzene ring substituents is 1. The zero-order valence-corrected chi connectivity index (χ0v) is 10.8. The van der Waals surface area contributed by atoms with Crippen LogP contribution in [0.1, 0.15) is 24.8 Å². The second kappa shape index (κ2) is 4.92. The summed E-state index contributed by atoms with van der Waals surface area (Å²) in [5, 5.41) is 14.9. The lowest BCUT2D eigenvalue weighted by molar-refractivity contribution is -0.384. The van der Waals surface area contributed by atoms with Crippen molar-refractivity contribution in [2.24, 2.45) is 5.10 Å². The first-order valence-corrected chi connectivity index (χ1v) is 6.56. The minimum Gasteiger partial charge on any atom is -0.343 e. The lowest BCUT2D eigenvalue weighted by Gasteiger charge is -2.39. The van der Waals surface area contributed by atoms with E-state index in [4.69, 9.17) is 0 Å². The summed E-state index contributed by atoms with van der Waals surface area (Å²) in [5.41, 5.74) is 3.20. The third kappa shape index (κ3) is 2.11. The molecule has 0 aliphatic carbocycles. The number of amidine groups is 1. The average molecular weight is 274 g/mol. The molecule has 0 bridgehead atoms. The van der Waals surface area contributed by atoms with Gasteiger partial charge in [0.05, 0.1) is 4.92 Å². The van der Waals surface area contributed by atoms with Crippen molar-refractivity contribution in [3.63, 3.8) is 0 Å². The number of amides is 1. The molecule has 0 radical (unpaired) electrons. The molecule has 7 nitrogen and oxygen atoms in total. The number of carbonyl (C=O) groups is 1. The van der Waals surface area contributed by atoms with E-state index in [1.807, 2.05) is 4.90 Å². The maximum atomic E-state index is 11.8. The number of fused-ring (bicyclic) bond motifs is 1. The zero-order chi connectivity index (χ0) is 14.1. The first-order chi connectivity index (χ1) is 9.66. The van der Waals surface area contributed by atoms with Gasteiger partial charge in [0.2, 0.25) is 0 Å². The van der Waals surface area contributed by atoms with E-state index in [2.05, 4.69) is 10.5 Å². The highest BCUT2D eigenvalue weighted by atomic mass is 16.6. The minimum atomic E-state index is -0.431. The molecule has 1 aromatic carbocycles. The number of carbonyl (C=O) groups excluding carboxylic acids is 1. The summed E-state index contributed by atoms with van der Waals surface area (Å²) in [6.45, 7) is 0.750. The van der Waals surface area contributed by atoms with Crippen molar-refractivity contribution >= 4 is 17.4 Å². The molecule has 1 amide bonds. The monoisotopic (exact) mass is 274 g/mol. The molecule has 1 N–H and O–H groups in total. The molecule has 1 fully saturated rings. The molecule has 7 heteroatoms. The fourth-order valence-corrected chi connectivity index (χ4v) is 2.69. The van der Waals surface area contributed by atoms with Crippen LogP contribution in [0.4, 0.5) is 5.69 Å². The summed E-state index contributed by atoms with van der Waals surface area (Å²) < 4.78 is 0. The van der Waals surface area contributed by atoms with Crippen molar-refractivity contribution in [1.82, 2.24) is 10.3 Å². The SMILES string of the molecule is O=C1NN=C(c2cccc([N+](=O)[O-])c2)N2CCCCC12. The van der Waals surface area contributed by atoms with Crippen LogP contribution in [0.5, 0.6) is 0 Å². The number of hydrogen-bond donors (Lipinski definition) is 1. The summed E-state index contributed by atoms with van der Waals surface area (Å²) in [6, 6.07) is 6.12. The first-order valence-electron chi connectivity index (χ1n) is 6.56. The normalized spacial score (nSPS) is 21.8. The lowest BCUT2D eigenvalue weighted by Crippen LogP contribution is -2.55. The van der Waals surface area contributed by atoms with Crippen molar-refractivity contribution in [2.45, 2.75) is 25.3 Å². The fourth-order valence-electron chi connectivity index (χ4n) is 2.69. The Morgan fingerprint density at radius 2 is 2.25 bits per heavy atom. The lowest BCUT2D eigenvalue weighted by atomic mass is 9.99. The number of benzene rings is 1. The summed E-state index contributed by atoms with van der Waals surface area (Å²) in [6.07, 6.45) is 2.80. The van der Waals surface area contributed by atoms with Crippen LogP contribution in [0.2, 0.25) is 0 Å². The summed E-state index contributed by atoms with van der Waals surface area (Å²) in [4.78, 5) is 24.2. The maximum absolute atomic E-state index is 11.8. The largest absolute Gasteiger partial charge is 0.343 e. The Hall–Kier alpha value is -2.44. The van der Waals surface area contributed by atoms with E-state index in [9.17, 15) is 14.9 Å². The van der Waals surface area contributed by atoms with Crippen LogP contribution in [0.3, 0.4) is 0 Å². The van der Waals surface area contributed by atoms with Crippen LogP contribution in [0.15, 0.2) is 29.4 Å². The molecular weight excluding hydrogens is 260 g/mol. The summed E-state index contributed by atoms with van der Waals surface area (Å²) in [5.74, 6) is 0.511. The standard InChI is InChI=1S/C13H14N4O3/c18-13-11-6-1-2-7-16(11)12(14-15-13)9-4-3-5-10(8-9)17(19)20/h3-5,8,11H,1-2,6-7H2,(H,15,18). The molecule has 3 rings (SSSR count). The van der Waals surface area contributed by atoms with Gasteiger partial charge in [-0.2, -0.15) is 5.10 Å². The number of nitrogens with zero attached hydrogens (tertiary/aromatic N) is 3. The zero-order valence-electron chi connectivity index (χ0n) is 10.8. The molecule has 1 atom stereocenters. The second-order valence-electron chi connectivity index (χ2n) is 4.92. The molecule has 20 heavy (non-hydrogen) atoms. The van der Waals surface area contributed by atoms with E-state index in [0.717, 1.165) is 25.8 Å². The molecule has 2 aliphatic heterocycles. The van der Waals surface area contributed by atoms with Gasteiger partial charge in [-0.05, 0) is 19.3 Å². The van der Waals surface area contributed by atoms with E-state index in [1.165, 1.54) is 12.1 Å². The van der Waals surface area contributed by atoms with Gasteiger partial charge in [-0.3, -0.25) is 14.9 Å². The van der Waals surface area contributed by atoms with Gasteiger partial charge in [-0.1, -0.05) is 12.1 Å². The highest BCUT2D eigenvalue weighted by Gasteiger charge is 2.34. The van der Waals surface area contributed by atoms with E-state index in [0.29, 0.717) is 11.4 Å². The molecule has 1 aromatic rings. The number of nitro groups is 1. The van der Waals surface area contributed by atoms with Crippen molar-refractivity contribution in [3.05, 3.63) is 39.9 Å². The van der Waals surface area contributed by atoms with Crippen molar-refractivity contribution in [3.8, 4) is 0 Å². The molecule has 2 aliphatic rings. The Balaban J connectivity index is 1.98. The number of hydrogen-bond acceptors (Lipinski definition) is 5. The van der Waals surface area contributed by atoms with Gasteiger partial charge in [0.1, 0.15) is 6.04 Å². The Morgan fingerprint density at radius 3 is 3.05 bits per heavy atom. The predicted molar refractivity (Wildman–Crippen MR) is 72.1 cm³/mol. The van der Waals surface area contributed by atoms with Gasteiger partial charge in [-0.25, -0.2) is 5.43 Å². The van der Waals surface area contributed by atoms with Crippen molar-refractivity contribution in [2.75, 3.05) is 6.54 Å². The number of nitrogens with one attached hydrogen (secondary N) is 1. The molecule has 104 valence electrons. The Kier molecular flexibility index (Phi) is 3.09. The Labute approximate surface area is 115 Å². The third-order valence-electron chi connectivity index (χ3n) is 3.66. The van der Waals surface area contributed by atoms with E-state index in [1.54, 1.807) is 12.1 Å². The molecule has 1 unspecified atom stereocenters. The topological polar surface area (TPSA) is 87.8 Å². The van der Waals surface area contributed by atoms with Crippen molar-refractivity contribution in [1.29, 1.82) is 0 Å². The second-order valence-corrected chi connectivity index (χ2v) is 4.92. The van der Waals surface area contributed by atoms with Crippen LogP contribution in [-0.2, 0) is 4.79 Å². The van der Waals surface area contributed by atoms with E-state index >= 15 is 0 Å². The van der Waals surface area contributed by atoms with Gasteiger partial charge < -0.3 is 4.90 Å². The number of hydrazone groups is 1. The van der Waals surface area contributed by atoms with Crippen LogP contribution in [0, 0.1) is 10.1 Å². The van der Waals surface area contributed by atoms with E-state index < -0.39 is 4.92 Å². The maximum Gasteiger partial charge on any atom is 0.270 e. The van der Waals surface area contributed by atoms with Gasteiger partial charge in [-0.15, -0.1) is 0 Å². The molecule has 0 aromatic heterocycles. The van der Waals surface area contributed by atoms with Crippen molar-refractivity contribution < 1.29 is 9.72 Å². The fraction of sp³-hybridized carbons (Fsp3) is 0.385. The Morgan fingerprint density at radius 1 is 1.40 bits per heavy atom. The third-order valence-corrected chi connectivity index (χ3v) is 3.66. The molecule has 0 saturated carbocycles. The van der Waals surface area contributed by atoms with E-state index in [-0.39, 0.29) is 17.6 Å². The predicted octanol–water partition coefficient (Wildman–Crippen LogP) is 1.24. The summed E-state index contributed by atoms with van der Waals surface area (Å²) >= 11 is 0. The molecular formula is C13H14N4O3. The highest BCUT2D eigenvalue weighted by molar-refractivity contribution is 6.04. The molecule has 1 saturated heterocycles. The smallest absolute Gasteiger partial charge is 0.270 e. The molecule has 0 spiro atoms. The summed E-state index contributed by atoms with van der Waals surface area (Å²) in [7, 11) is 0. The van der Waals surface area contributed by atoms with Gasteiger partial charge in [0.25, 0.3) is 11.6 Å².